The quantitative estimate of drug-likeness (QED) is 0.737. The lowest BCUT2D eigenvalue weighted by Crippen LogP contribution is -2.21. The number of hydrogen-bond acceptors (Lipinski definition) is 2. The third-order valence-corrected chi connectivity index (χ3v) is 3.63. The van der Waals surface area contributed by atoms with Crippen molar-refractivity contribution in [2.45, 2.75) is 25.9 Å². The average Bonchev–Trinajstić information content (AvgIpc) is 3.27. The molecule has 0 bridgehead atoms. The van der Waals surface area contributed by atoms with Crippen LogP contribution in [0.15, 0.2) is 24.3 Å². The number of rotatable bonds is 2. The second-order valence-corrected chi connectivity index (χ2v) is 5.16. The highest BCUT2D eigenvalue weighted by molar-refractivity contribution is 6.08. The van der Waals surface area contributed by atoms with Gasteiger partial charge in [0.05, 0.1) is 11.1 Å². The van der Waals surface area contributed by atoms with Gasteiger partial charge in [-0.1, -0.05) is 12.1 Å². The molecule has 2 heterocycles. The van der Waals surface area contributed by atoms with Gasteiger partial charge in [-0.25, -0.2) is 0 Å². The van der Waals surface area contributed by atoms with Gasteiger partial charge in [0.2, 0.25) is 0 Å². The van der Waals surface area contributed by atoms with Gasteiger partial charge in [-0.15, -0.1) is 0 Å². The Bertz CT molecular complexity index is 479. The maximum Gasteiger partial charge on any atom is 0.255 e. The monoisotopic (exact) mass is 244 g/mol. The van der Waals surface area contributed by atoms with Crippen molar-refractivity contribution in [3.8, 4) is 0 Å². The van der Waals surface area contributed by atoms with Crippen LogP contribution in [0, 0.1) is 0 Å². The Balaban J connectivity index is 1.90. The van der Waals surface area contributed by atoms with Gasteiger partial charge in [0.15, 0.2) is 0 Å². The zero-order valence-corrected chi connectivity index (χ0v) is 10.6. The summed E-state index contributed by atoms with van der Waals surface area (Å²) in [5.41, 5.74) is 1.07. The van der Waals surface area contributed by atoms with Crippen molar-refractivity contribution in [1.82, 2.24) is 9.80 Å². The molecule has 1 unspecified atom stereocenters. The zero-order valence-electron chi connectivity index (χ0n) is 10.6. The van der Waals surface area contributed by atoms with Crippen molar-refractivity contribution in [2.75, 3.05) is 13.1 Å². The van der Waals surface area contributed by atoms with Crippen LogP contribution in [0.25, 0.3) is 0 Å². The zero-order chi connectivity index (χ0) is 12.9. The van der Waals surface area contributed by atoms with E-state index in [1.807, 2.05) is 26.0 Å². The third-order valence-electron chi connectivity index (χ3n) is 3.63. The minimum atomic E-state index is -0.0269. The van der Waals surface area contributed by atoms with Crippen molar-refractivity contribution >= 4 is 11.8 Å². The van der Waals surface area contributed by atoms with Gasteiger partial charge in [-0.2, -0.15) is 0 Å². The fraction of sp³-hybridized carbons (Fsp3) is 0.429. The van der Waals surface area contributed by atoms with Crippen molar-refractivity contribution in [1.29, 1.82) is 0 Å². The van der Waals surface area contributed by atoms with Crippen LogP contribution in [-0.4, -0.2) is 46.8 Å². The van der Waals surface area contributed by atoms with E-state index in [4.69, 9.17) is 0 Å². The van der Waals surface area contributed by atoms with Crippen molar-refractivity contribution in [3.63, 3.8) is 0 Å². The topological polar surface area (TPSA) is 40.2 Å². The normalized spacial score (nSPS) is 25.0. The van der Waals surface area contributed by atoms with E-state index in [9.17, 15) is 9.59 Å². The second-order valence-electron chi connectivity index (χ2n) is 5.16. The van der Waals surface area contributed by atoms with E-state index in [0.29, 0.717) is 23.2 Å². The molecule has 2 fully saturated rings. The molecule has 2 aliphatic rings. The van der Waals surface area contributed by atoms with Gasteiger partial charge in [-0.3, -0.25) is 9.59 Å². The molecule has 2 atom stereocenters. The molecule has 3 rings (SSSR count). The number of hydrogen-bond donors (Lipinski definition) is 0. The molecule has 2 amide bonds. The molecule has 4 heteroatoms. The number of carbonyl (C=O) groups excluding carboxylic acids is 2. The number of carbonyl (C=O) groups is 2. The smallest absolute Gasteiger partial charge is 0.255 e. The standard InChI is InChI=1S/C14H16N2O2/c1-9-7-15(9)13(17)11-5-3-4-6-12(11)14(18)16-8-10(16)2/h3-6,9-10H,7-8H2,1-2H3/t9-,10?,15?,16?/m1/s1. The molecule has 0 aromatic heterocycles. The summed E-state index contributed by atoms with van der Waals surface area (Å²) < 4.78 is 0. The fourth-order valence-corrected chi connectivity index (χ4v) is 2.21. The molecule has 4 nitrogen and oxygen atoms in total. The Morgan fingerprint density at radius 2 is 1.28 bits per heavy atom. The minimum Gasteiger partial charge on any atom is -0.332 e. The average molecular weight is 244 g/mol. The molecule has 1 aromatic carbocycles. The molecule has 2 aliphatic heterocycles. The SMILES string of the molecule is CC1CN1C(=O)c1ccccc1C(=O)N1C[C@H]1C. The Labute approximate surface area is 106 Å². The lowest BCUT2D eigenvalue weighted by Gasteiger charge is -2.09. The first kappa shape index (κ1) is 11.3. The molecule has 18 heavy (non-hydrogen) atoms. The van der Waals surface area contributed by atoms with Gasteiger partial charge in [0.25, 0.3) is 11.8 Å². The Morgan fingerprint density at radius 1 is 0.944 bits per heavy atom. The highest BCUT2D eigenvalue weighted by atomic mass is 16.2. The fourth-order valence-electron chi connectivity index (χ4n) is 2.21. The summed E-state index contributed by atoms with van der Waals surface area (Å²) in [6, 6.07) is 7.72. The molecule has 2 saturated heterocycles. The summed E-state index contributed by atoms with van der Waals surface area (Å²) in [5.74, 6) is -0.0538. The van der Waals surface area contributed by atoms with Crippen LogP contribution in [0.3, 0.4) is 0 Å². The molecule has 94 valence electrons. The first-order valence-corrected chi connectivity index (χ1v) is 6.30. The van der Waals surface area contributed by atoms with Crippen molar-refractivity contribution in [3.05, 3.63) is 35.4 Å². The molecule has 0 aliphatic carbocycles. The van der Waals surface area contributed by atoms with Gasteiger partial charge in [-0.05, 0) is 26.0 Å². The molecular weight excluding hydrogens is 228 g/mol. The summed E-state index contributed by atoms with van der Waals surface area (Å²) in [7, 11) is 0. The van der Waals surface area contributed by atoms with Crippen molar-refractivity contribution in [2.24, 2.45) is 0 Å². The van der Waals surface area contributed by atoms with Crippen LogP contribution in [0.1, 0.15) is 34.6 Å². The molecular formula is C14H16N2O2. The van der Waals surface area contributed by atoms with Gasteiger partial charge in [0.1, 0.15) is 0 Å². The van der Waals surface area contributed by atoms with E-state index in [1.165, 1.54) is 0 Å². The number of amides is 2. The highest BCUT2D eigenvalue weighted by Gasteiger charge is 2.39. The summed E-state index contributed by atoms with van der Waals surface area (Å²) in [6.45, 7) is 5.60. The van der Waals surface area contributed by atoms with Crippen LogP contribution in [0.4, 0.5) is 0 Å². The van der Waals surface area contributed by atoms with E-state index < -0.39 is 0 Å². The maximum atomic E-state index is 12.2. The van der Waals surface area contributed by atoms with Gasteiger partial charge in [0, 0.05) is 25.2 Å². The Morgan fingerprint density at radius 3 is 1.56 bits per heavy atom. The lowest BCUT2D eigenvalue weighted by atomic mass is 10.1. The molecule has 0 spiro atoms. The van der Waals surface area contributed by atoms with Crippen LogP contribution in [0.2, 0.25) is 0 Å². The first-order valence-electron chi connectivity index (χ1n) is 6.30. The number of nitrogens with zero attached hydrogens (tertiary/aromatic N) is 2. The Hall–Kier alpha value is -1.84. The van der Waals surface area contributed by atoms with Crippen LogP contribution >= 0.6 is 0 Å². The van der Waals surface area contributed by atoms with E-state index in [1.54, 1.807) is 21.9 Å². The molecule has 0 N–H and O–H groups in total. The van der Waals surface area contributed by atoms with E-state index >= 15 is 0 Å². The molecule has 0 saturated carbocycles. The summed E-state index contributed by atoms with van der Waals surface area (Å²) >= 11 is 0. The van der Waals surface area contributed by atoms with Crippen LogP contribution in [-0.2, 0) is 0 Å². The van der Waals surface area contributed by atoms with E-state index in [0.717, 1.165) is 13.1 Å². The molecule has 0 radical (unpaired) electrons. The lowest BCUT2D eigenvalue weighted by molar-refractivity contribution is 0.0839. The Kier molecular flexibility index (Phi) is 2.40. The summed E-state index contributed by atoms with van der Waals surface area (Å²) in [4.78, 5) is 28.0. The molecule has 1 aromatic rings. The van der Waals surface area contributed by atoms with Gasteiger partial charge < -0.3 is 9.80 Å². The van der Waals surface area contributed by atoms with Crippen molar-refractivity contribution < 1.29 is 9.59 Å². The minimum absolute atomic E-state index is 0.0269. The maximum absolute atomic E-state index is 12.2. The third kappa shape index (κ3) is 1.78. The predicted octanol–water partition coefficient (Wildman–Crippen LogP) is 1.38. The van der Waals surface area contributed by atoms with Crippen LogP contribution in [0.5, 0.6) is 0 Å². The second kappa shape index (κ2) is 3.83. The largest absolute Gasteiger partial charge is 0.332 e. The van der Waals surface area contributed by atoms with E-state index in [-0.39, 0.29) is 11.8 Å². The predicted molar refractivity (Wildman–Crippen MR) is 67.4 cm³/mol. The summed E-state index contributed by atoms with van der Waals surface area (Å²) in [5, 5.41) is 0. The first-order chi connectivity index (χ1) is 8.59. The number of benzene rings is 1. The van der Waals surface area contributed by atoms with E-state index in [2.05, 4.69) is 0 Å². The summed E-state index contributed by atoms with van der Waals surface area (Å²) in [6.07, 6.45) is 0. The highest BCUT2D eigenvalue weighted by Crippen LogP contribution is 2.26. The van der Waals surface area contributed by atoms with Crippen LogP contribution < -0.4 is 0 Å². The van der Waals surface area contributed by atoms with Gasteiger partial charge >= 0.3 is 0 Å².